The fourth-order valence-electron chi connectivity index (χ4n) is 4.17. The van der Waals surface area contributed by atoms with Crippen LogP contribution in [0.1, 0.15) is 98.8 Å². The first-order valence-electron chi connectivity index (χ1n) is 9.01. The predicted octanol–water partition coefficient (Wildman–Crippen LogP) is 6.20. The summed E-state index contributed by atoms with van der Waals surface area (Å²) in [6, 6.07) is 0. The molecular weight excluding hydrogens is 244 g/mol. The molecule has 3 fully saturated rings. The second kappa shape index (κ2) is 9.82. The first-order valence-corrected chi connectivity index (χ1v) is 9.01. The largest absolute Gasteiger partial charge is 0.400 e. The Morgan fingerprint density at radius 3 is 1.10 bits per heavy atom. The maximum absolute atomic E-state index is 7.00. The third kappa shape index (κ3) is 4.76. The van der Waals surface area contributed by atoms with E-state index in [1.165, 1.54) is 64.2 Å². The monoisotopic (exact) mass is 284 g/mol. The molecule has 2 bridgehead atoms. The topological polar surface area (TPSA) is 20.2 Å². The number of aliphatic hydroxyl groups excluding tert-OH is 1. The zero-order valence-corrected chi connectivity index (χ0v) is 15.1. The van der Waals surface area contributed by atoms with Crippen LogP contribution in [0.25, 0.3) is 0 Å². The van der Waals surface area contributed by atoms with E-state index in [4.69, 9.17) is 5.11 Å². The van der Waals surface area contributed by atoms with Crippen LogP contribution >= 0.6 is 0 Å². The summed E-state index contributed by atoms with van der Waals surface area (Å²) < 4.78 is 0. The SMILES string of the molecule is C1CCCCC1.CC.CC12CCC(CC1)C2(C)C.CO. The molecule has 1 heteroatoms. The van der Waals surface area contributed by atoms with E-state index in [9.17, 15) is 0 Å². The summed E-state index contributed by atoms with van der Waals surface area (Å²) in [6.45, 7) is 11.4. The molecule has 3 aliphatic carbocycles. The van der Waals surface area contributed by atoms with Gasteiger partial charge >= 0.3 is 0 Å². The summed E-state index contributed by atoms with van der Waals surface area (Å²) >= 11 is 0. The van der Waals surface area contributed by atoms with Crippen molar-refractivity contribution in [3.8, 4) is 0 Å². The zero-order chi connectivity index (χ0) is 15.6. The van der Waals surface area contributed by atoms with Crippen molar-refractivity contribution in [3.63, 3.8) is 0 Å². The summed E-state index contributed by atoms with van der Waals surface area (Å²) in [5.41, 5.74) is 1.37. The van der Waals surface area contributed by atoms with Crippen molar-refractivity contribution in [2.45, 2.75) is 98.8 Å². The smallest absolute Gasteiger partial charge is 0.0319 e. The van der Waals surface area contributed by atoms with Crippen LogP contribution in [0, 0.1) is 16.7 Å². The van der Waals surface area contributed by atoms with Crippen molar-refractivity contribution >= 4 is 0 Å². The van der Waals surface area contributed by atoms with E-state index in [0.29, 0.717) is 10.8 Å². The van der Waals surface area contributed by atoms with Gasteiger partial charge in [0.2, 0.25) is 0 Å². The van der Waals surface area contributed by atoms with Crippen LogP contribution in [0.4, 0.5) is 0 Å². The molecule has 0 spiro atoms. The lowest BCUT2D eigenvalue weighted by atomic mass is 9.71. The molecule has 0 saturated heterocycles. The molecular formula is C19H40O. The minimum absolute atomic E-state index is 0.660. The molecule has 0 aromatic rings. The molecule has 0 unspecified atom stereocenters. The Morgan fingerprint density at radius 1 is 0.700 bits per heavy atom. The summed E-state index contributed by atoms with van der Waals surface area (Å²) in [7, 11) is 1.00. The van der Waals surface area contributed by atoms with Gasteiger partial charge in [0.15, 0.2) is 0 Å². The van der Waals surface area contributed by atoms with Crippen molar-refractivity contribution < 1.29 is 5.11 Å². The molecule has 0 radical (unpaired) electrons. The maximum atomic E-state index is 7.00. The van der Waals surface area contributed by atoms with Crippen molar-refractivity contribution in [2.75, 3.05) is 7.11 Å². The van der Waals surface area contributed by atoms with Crippen molar-refractivity contribution in [1.82, 2.24) is 0 Å². The molecule has 1 N–H and O–H groups in total. The van der Waals surface area contributed by atoms with Gasteiger partial charge in [0.05, 0.1) is 0 Å². The van der Waals surface area contributed by atoms with Gasteiger partial charge in [-0.3, -0.25) is 0 Å². The molecule has 0 amide bonds. The minimum atomic E-state index is 0.660. The van der Waals surface area contributed by atoms with Crippen LogP contribution < -0.4 is 0 Å². The van der Waals surface area contributed by atoms with Gasteiger partial charge in [-0.25, -0.2) is 0 Å². The number of fused-ring (bicyclic) bond motifs is 2. The minimum Gasteiger partial charge on any atom is -0.400 e. The molecule has 122 valence electrons. The van der Waals surface area contributed by atoms with Crippen LogP contribution in [-0.2, 0) is 0 Å². The number of aliphatic hydroxyl groups is 1. The number of hydrogen-bond acceptors (Lipinski definition) is 1. The molecule has 3 aliphatic rings. The van der Waals surface area contributed by atoms with Crippen molar-refractivity contribution in [3.05, 3.63) is 0 Å². The normalized spacial score (nSPS) is 32.9. The molecule has 0 atom stereocenters. The average molecular weight is 285 g/mol. The zero-order valence-electron chi connectivity index (χ0n) is 15.1. The molecule has 3 rings (SSSR count). The van der Waals surface area contributed by atoms with Gasteiger partial charge in [-0.1, -0.05) is 73.1 Å². The fourth-order valence-corrected chi connectivity index (χ4v) is 4.17. The first kappa shape index (κ1) is 20.0. The third-order valence-electron chi connectivity index (χ3n) is 6.17. The fraction of sp³-hybridized carbons (Fsp3) is 1.00. The molecule has 0 heterocycles. The second-order valence-electron chi connectivity index (χ2n) is 7.18. The molecule has 3 saturated carbocycles. The van der Waals surface area contributed by atoms with Gasteiger partial charge < -0.3 is 5.11 Å². The van der Waals surface area contributed by atoms with E-state index in [2.05, 4.69) is 20.8 Å². The van der Waals surface area contributed by atoms with Crippen molar-refractivity contribution in [1.29, 1.82) is 0 Å². The summed E-state index contributed by atoms with van der Waals surface area (Å²) in [5.74, 6) is 1.05. The van der Waals surface area contributed by atoms with Crippen molar-refractivity contribution in [2.24, 2.45) is 16.7 Å². The molecule has 0 aromatic carbocycles. The highest BCUT2D eigenvalue weighted by molar-refractivity contribution is 5.05. The van der Waals surface area contributed by atoms with E-state index in [0.717, 1.165) is 13.0 Å². The van der Waals surface area contributed by atoms with E-state index < -0.39 is 0 Å². The van der Waals surface area contributed by atoms with Gasteiger partial charge in [0.25, 0.3) is 0 Å². The predicted molar refractivity (Wildman–Crippen MR) is 91.0 cm³/mol. The lowest BCUT2D eigenvalue weighted by molar-refractivity contribution is 0.152. The van der Waals surface area contributed by atoms with Crippen LogP contribution in [0.2, 0.25) is 0 Å². The van der Waals surface area contributed by atoms with E-state index in [1.54, 1.807) is 0 Å². The molecule has 20 heavy (non-hydrogen) atoms. The standard InChI is InChI=1S/C10H18.C6H12.C2H6.CH4O/c1-9(2)8-4-6-10(9,3)7-5-8;1-2-4-6-5-3-1;2*1-2/h8H,4-7H2,1-3H3;1-6H2;1-2H3;2H,1H3. The highest BCUT2D eigenvalue weighted by Gasteiger charge is 2.55. The Bertz CT molecular complexity index is 206. The number of hydrogen-bond donors (Lipinski definition) is 1. The van der Waals surface area contributed by atoms with Gasteiger partial charge in [-0.2, -0.15) is 0 Å². The Labute approximate surface area is 128 Å². The highest BCUT2D eigenvalue weighted by atomic mass is 16.2. The van der Waals surface area contributed by atoms with Gasteiger partial charge in [-0.15, -0.1) is 0 Å². The Morgan fingerprint density at radius 2 is 1.00 bits per heavy atom. The summed E-state index contributed by atoms with van der Waals surface area (Å²) in [6.07, 6.45) is 15.0. The quantitative estimate of drug-likeness (QED) is 0.561. The first-order chi connectivity index (χ1) is 9.56. The van der Waals surface area contributed by atoms with E-state index >= 15 is 0 Å². The Hall–Kier alpha value is -0.0400. The molecule has 1 nitrogen and oxygen atoms in total. The van der Waals surface area contributed by atoms with Gasteiger partial charge in [0.1, 0.15) is 0 Å². The molecule has 0 aliphatic heterocycles. The summed E-state index contributed by atoms with van der Waals surface area (Å²) in [5, 5.41) is 7.00. The second-order valence-corrected chi connectivity index (χ2v) is 7.18. The van der Waals surface area contributed by atoms with Crippen LogP contribution in [0.3, 0.4) is 0 Å². The molecule has 0 aromatic heterocycles. The van der Waals surface area contributed by atoms with Crippen LogP contribution in [0.15, 0.2) is 0 Å². The van der Waals surface area contributed by atoms with Crippen LogP contribution in [0.5, 0.6) is 0 Å². The highest BCUT2D eigenvalue weighted by Crippen LogP contribution is 2.65. The lowest BCUT2D eigenvalue weighted by Gasteiger charge is -2.34. The summed E-state index contributed by atoms with van der Waals surface area (Å²) in [4.78, 5) is 0. The average Bonchev–Trinajstić information content (AvgIpc) is 2.88. The third-order valence-corrected chi connectivity index (χ3v) is 6.17. The van der Waals surface area contributed by atoms with Crippen LogP contribution in [-0.4, -0.2) is 12.2 Å². The maximum Gasteiger partial charge on any atom is 0.0319 e. The van der Waals surface area contributed by atoms with E-state index in [-0.39, 0.29) is 0 Å². The van der Waals surface area contributed by atoms with E-state index in [1.807, 2.05) is 13.8 Å². The van der Waals surface area contributed by atoms with Gasteiger partial charge in [0, 0.05) is 7.11 Å². The Kier molecular flexibility index (Phi) is 9.80. The van der Waals surface area contributed by atoms with Gasteiger partial charge in [-0.05, 0) is 42.4 Å². The lowest BCUT2D eigenvalue weighted by Crippen LogP contribution is -2.26. The Balaban J connectivity index is 0.000000312. The number of rotatable bonds is 0.